The molecule has 2 aromatic rings. The number of benzene rings is 1. The number of nitrogens with one attached hydrogen (secondary N) is 1. The Labute approximate surface area is 123 Å². The first-order chi connectivity index (χ1) is 9.44. The molecule has 106 valence electrons. The predicted octanol–water partition coefficient (Wildman–Crippen LogP) is 3.99. The van der Waals surface area contributed by atoms with E-state index in [9.17, 15) is 4.79 Å². The fourth-order valence-electron chi connectivity index (χ4n) is 2.04. The van der Waals surface area contributed by atoms with Crippen LogP contribution in [0.4, 0.5) is 0 Å². The number of aryl methyl sites for hydroxylation is 1. The number of rotatable bonds is 4. The van der Waals surface area contributed by atoms with Gasteiger partial charge in [0.1, 0.15) is 5.76 Å². The van der Waals surface area contributed by atoms with E-state index in [1.54, 1.807) is 13.0 Å². The third-order valence-electron chi connectivity index (χ3n) is 3.31. The van der Waals surface area contributed by atoms with Gasteiger partial charge in [-0.15, -0.1) is 11.6 Å². The minimum absolute atomic E-state index is 0.238. The summed E-state index contributed by atoms with van der Waals surface area (Å²) in [7, 11) is 0. The molecule has 0 aliphatic rings. The Kier molecular flexibility index (Phi) is 4.19. The molecule has 0 spiro atoms. The van der Waals surface area contributed by atoms with E-state index in [0.29, 0.717) is 17.4 Å². The van der Waals surface area contributed by atoms with Gasteiger partial charge in [0.05, 0.1) is 11.4 Å². The maximum absolute atomic E-state index is 12.3. The SMILES string of the molecule is Cc1oc(C(=O)NC(C)(C)c2ccccc2)cc1CCl. The summed E-state index contributed by atoms with van der Waals surface area (Å²) in [6.07, 6.45) is 0. The normalized spacial score (nSPS) is 11.4. The van der Waals surface area contributed by atoms with Crippen LogP contribution in [0.1, 0.15) is 41.3 Å². The highest BCUT2D eigenvalue weighted by molar-refractivity contribution is 6.17. The Hall–Kier alpha value is -1.74. The lowest BCUT2D eigenvalue weighted by Crippen LogP contribution is -2.40. The van der Waals surface area contributed by atoms with E-state index in [2.05, 4.69) is 5.32 Å². The average Bonchev–Trinajstić information content (AvgIpc) is 2.81. The number of carbonyl (C=O) groups excluding carboxylic acids is 1. The summed E-state index contributed by atoms with van der Waals surface area (Å²) in [5.41, 5.74) is 1.41. The van der Waals surface area contributed by atoms with Crippen molar-refractivity contribution < 1.29 is 9.21 Å². The van der Waals surface area contributed by atoms with E-state index in [1.165, 1.54) is 0 Å². The van der Waals surface area contributed by atoms with Gasteiger partial charge < -0.3 is 9.73 Å². The zero-order valence-corrected chi connectivity index (χ0v) is 12.6. The van der Waals surface area contributed by atoms with Crippen LogP contribution in [0.2, 0.25) is 0 Å². The summed E-state index contributed by atoms with van der Waals surface area (Å²) in [5.74, 6) is 1.08. The van der Waals surface area contributed by atoms with Crippen molar-refractivity contribution in [2.24, 2.45) is 0 Å². The second kappa shape index (κ2) is 5.71. The van der Waals surface area contributed by atoms with Gasteiger partial charge in [0.25, 0.3) is 5.91 Å². The van der Waals surface area contributed by atoms with E-state index in [0.717, 1.165) is 11.1 Å². The van der Waals surface area contributed by atoms with Crippen molar-refractivity contribution in [2.45, 2.75) is 32.2 Å². The molecule has 0 aliphatic carbocycles. The van der Waals surface area contributed by atoms with Crippen LogP contribution < -0.4 is 5.32 Å². The monoisotopic (exact) mass is 291 g/mol. The first kappa shape index (κ1) is 14.7. The molecule has 0 aliphatic heterocycles. The van der Waals surface area contributed by atoms with Gasteiger partial charge >= 0.3 is 0 Å². The zero-order chi connectivity index (χ0) is 14.8. The number of hydrogen-bond donors (Lipinski definition) is 1. The second-order valence-electron chi connectivity index (χ2n) is 5.27. The van der Waals surface area contributed by atoms with Gasteiger partial charge in [0.15, 0.2) is 5.76 Å². The molecule has 0 atom stereocenters. The topological polar surface area (TPSA) is 42.2 Å². The van der Waals surface area contributed by atoms with Crippen molar-refractivity contribution in [1.82, 2.24) is 5.32 Å². The molecule has 0 saturated carbocycles. The summed E-state index contributed by atoms with van der Waals surface area (Å²) in [4.78, 5) is 12.3. The number of alkyl halides is 1. The van der Waals surface area contributed by atoms with Gasteiger partial charge in [0.2, 0.25) is 0 Å². The summed E-state index contributed by atoms with van der Waals surface area (Å²) in [6, 6.07) is 11.5. The molecule has 1 aromatic heterocycles. The lowest BCUT2D eigenvalue weighted by atomic mass is 9.94. The zero-order valence-electron chi connectivity index (χ0n) is 11.9. The van der Waals surface area contributed by atoms with E-state index < -0.39 is 5.54 Å². The van der Waals surface area contributed by atoms with E-state index in [4.69, 9.17) is 16.0 Å². The Morgan fingerprint density at radius 3 is 2.50 bits per heavy atom. The molecule has 1 N–H and O–H groups in total. The highest BCUT2D eigenvalue weighted by Crippen LogP contribution is 2.22. The molecule has 20 heavy (non-hydrogen) atoms. The number of halogens is 1. The van der Waals surface area contributed by atoms with Crippen LogP contribution in [0.5, 0.6) is 0 Å². The molecular weight excluding hydrogens is 274 g/mol. The summed E-state index contributed by atoms with van der Waals surface area (Å²) >= 11 is 5.79. The molecule has 1 heterocycles. The molecule has 2 rings (SSSR count). The quantitative estimate of drug-likeness (QED) is 0.865. The van der Waals surface area contributed by atoms with Crippen LogP contribution in [0, 0.1) is 6.92 Å². The predicted molar refractivity (Wildman–Crippen MR) is 79.9 cm³/mol. The molecule has 0 radical (unpaired) electrons. The Bertz CT molecular complexity index is 602. The highest BCUT2D eigenvalue weighted by atomic mass is 35.5. The third kappa shape index (κ3) is 3.05. The molecule has 1 amide bonds. The average molecular weight is 292 g/mol. The van der Waals surface area contributed by atoms with Crippen LogP contribution >= 0.6 is 11.6 Å². The van der Waals surface area contributed by atoms with E-state index in [-0.39, 0.29) is 5.91 Å². The minimum atomic E-state index is -0.472. The third-order valence-corrected chi connectivity index (χ3v) is 3.60. The molecular formula is C16H18ClNO2. The van der Waals surface area contributed by atoms with Gasteiger partial charge in [0, 0.05) is 5.56 Å². The second-order valence-corrected chi connectivity index (χ2v) is 5.54. The van der Waals surface area contributed by atoms with Crippen LogP contribution in [0.15, 0.2) is 40.8 Å². The minimum Gasteiger partial charge on any atom is -0.456 e. The van der Waals surface area contributed by atoms with Crippen LogP contribution in [0.3, 0.4) is 0 Å². The fourth-order valence-corrected chi connectivity index (χ4v) is 2.30. The van der Waals surface area contributed by atoms with Crippen molar-refractivity contribution in [3.8, 4) is 0 Å². The number of carbonyl (C=O) groups is 1. The Balaban J connectivity index is 2.18. The summed E-state index contributed by atoms with van der Waals surface area (Å²) in [5, 5.41) is 2.98. The lowest BCUT2D eigenvalue weighted by Gasteiger charge is -2.26. The summed E-state index contributed by atoms with van der Waals surface area (Å²) in [6.45, 7) is 5.72. The van der Waals surface area contributed by atoms with Crippen molar-refractivity contribution in [3.05, 3.63) is 59.0 Å². The number of furan rings is 1. The highest BCUT2D eigenvalue weighted by Gasteiger charge is 2.25. The van der Waals surface area contributed by atoms with Crippen molar-refractivity contribution >= 4 is 17.5 Å². The largest absolute Gasteiger partial charge is 0.456 e. The number of hydrogen-bond acceptors (Lipinski definition) is 2. The standard InChI is InChI=1S/C16H18ClNO2/c1-11-12(10-17)9-14(20-11)15(19)18-16(2,3)13-7-5-4-6-8-13/h4-9H,10H2,1-3H3,(H,18,19). The first-order valence-electron chi connectivity index (χ1n) is 6.47. The molecule has 1 aromatic carbocycles. The fraction of sp³-hybridized carbons (Fsp3) is 0.312. The van der Waals surface area contributed by atoms with Crippen molar-refractivity contribution in [1.29, 1.82) is 0 Å². The first-order valence-corrected chi connectivity index (χ1v) is 7.01. The Morgan fingerprint density at radius 2 is 1.95 bits per heavy atom. The molecule has 0 fully saturated rings. The van der Waals surface area contributed by atoms with Gasteiger partial charge in [-0.3, -0.25) is 4.79 Å². The molecule has 3 nitrogen and oxygen atoms in total. The van der Waals surface area contributed by atoms with E-state index in [1.807, 2.05) is 44.2 Å². The van der Waals surface area contributed by atoms with Gasteiger partial charge in [-0.1, -0.05) is 30.3 Å². The van der Waals surface area contributed by atoms with Crippen molar-refractivity contribution in [2.75, 3.05) is 0 Å². The maximum Gasteiger partial charge on any atom is 0.287 e. The molecule has 4 heteroatoms. The van der Waals surface area contributed by atoms with Crippen LogP contribution in [-0.2, 0) is 11.4 Å². The van der Waals surface area contributed by atoms with Gasteiger partial charge in [-0.2, -0.15) is 0 Å². The molecule has 0 saturated heterocycles. The smallest absolute Gasteiger partial charge is 0.287 e. The lowest BCUT2D eigenvalue weighted by molar-refractivity contribution is 0.0882. The maximum atomic E-state index is 12.3. The van der Waals surface area contributed by atoms with Crippen LogP contribution in [0.25, 0.3) is 0 Å². The van der Waals surface area contributed by atoms with Crippen LogP contribution in [-0.4, -0.2) is 5.91 Å². The van der Waals surface area contributed by atoms with E-state index >= 15 is 0 Å². The van der Waals surface area contributed by atoms with Gasteiger partial charge in [-0.05, 0) is 32.4 Å². The summed E-state index contributed by atoms with van der Waals surface area (Å²) < 4.78 is 5.45. The molecule has 0 unspecified atom stereocenters. The van der Waals surface area contributed by atoms with Crippen molar-refractivity contribution in [3.63, 3.8) is 0 Å². The molecule has 0 bridgehead atoms. The Morgan fingerprint density at radius 1 is 1.30 bits per heavy atom. The number of amides is 1. The van der Waals surface area contributed by atoms with Gasteiger partial charge in [-0.25, -0.2) is 0 Å².